The molecule has 2 aromatic rings. The van der Waals surface area contributed by atoms with Crippen LogP contribution in [0.4, 0.5) is 0 Å². The molecule has 1 atom stereocenters. The summed E-state index contributed by atoms with van der Waals surface area (Å²) >= 11 is 0. The molecular formula is C24H31N3O2. The van der Waals surface area contributed by atoms with E-state index in [0.29, 0.717) is 12.8 Å². The van der Waals surface area contributed by atoms with Crippen molar-refractivity contribution in [3.63, 3.8) is 0 Å². The van der Waals surface area contributed by atoms with Crippen LogP contribution in [0, 0.1) is 6.92 Å². The number of benzene rings is 2. The third-order valence-corrected chi connectivity index (χ3v) is 5.59. The maximum atomic E-state index is 13.1. The maximum absolute atomic E-state index is 13.1. The van der Waals surface area contributed by atoms with Gasteiger partial charge < -0.3 is 9.64 Å². The average molecular weight is 394 g/mol. The van der Waals surface area contributed by atoms with Gasteiger partial charge in [-0.1, -0.05) is 55.8 Å². The lowest BCUT2D eigenvalue weighted by molar-refractivity contribution is -0.133. The molecule has 0 bridgehead atoms. The number of nitrogens with zero attached hydrogens (tertiary/aromatic N) is 3. The summed E-state index contributed by atoms with van der Waals surface area (Å²) in [7, 11) is 1.66. The summed E-state index contributed by atoms with van der Waals surface area (Å²) in [4.78, 5) is 15.4. The number of carbonyl (C=O) groups excluding carboxylic acids is 1. The van der Waals surface area contributed by atoms with Gasteiger partial charge in [-0.05, 0) is 43.3 Å². The van der Waals surface area contributed by atoms with E-state index in [1.807, 2.05) is 24.3 Å². The van der Waals surface area contributed by atoms with E-state index in [-0.39, 0.29) is 11.9 Å². The summed E-state index contributed by atoms with van der Waals surface area (Å²) < 4.78 is 5.28. The van der Waals surface area contributed by atoms with Crippen LogP contribution in [-0.4, -0.2) is 48.3 Å². The van der Waals surface area contributed by atoms with Gasteiger partial charge in [-0.15, -0.1) is 0 Å². The van der Waals surface area contributed by atoms with E-state index in [4.69, 9.17) is 9.84 Å². The third kappa shape index (κ3) is 5.04. The van der Waals surface area contributed by atoms with E-state index in [9.17, 15) is 4.79 Å². The first-order chi connectivity index (χ1) is 14.0. The fourth-order valence-corrected chi connectivity index (χ4v) is 3.65. The standard InChI is InChI=1S/C24H31N3O2/c1-5-26(6-2)16-15-24(28)27-23(20-11-13-21(29-4)14-12-20)17-22(25-27)19-9-7-18(3)8-10-19/h7-14,23H,5-6,15-17H2,1-4H3. The minimum absolute atomic E-state index is 0.0693. The van der Waals surface area contributed by atoms with Gasteiger partial charge in [0, 0.05) is 19.4 Å². The van der Waals surface area contributed by atoms with Crippen LogP contribution in [0.5, 0.6) is 5.75 Å². The van der Waals surface area contributed by atoms with E-state index in [0.717, 1.165) is 42.2 Å². The molecule has 1 unspecified atom stereocenters. The second-order valence-electron chi connectivity index (χ2n) is 7.42. The summed E-state index contributed by atoms with van der Waals surface area (Å²) in [5.41, 5.74) is 4.33. The molecule has 3 rings (SSSR count). The van der Waals surface area contributed by atoms with Crippen LogP contribution in [0.3, 0.4) is 0 Å². The van der Waals surface area contributed by atoms with Crippen LogP contribution < -0.4 is 4.74 Å². The second-order valence-corrected chi connectivity index (χ2v) is 7.42. The smallest absolute Gasteiger partial charge is 0.244 e. The quantitative estimate of drug-likeness (QED) is 0.667. The number of carbonyl (C=O) groups is 1. The first-order valence-corrected chi connectivity index (χ1v) is 10.4. The van der Waals surface area contributed by atoms with Crippen LogP contribution in [0.2, 0.25) is 0 Å². The van der Waals surface area contributed by atoms with Crippen molar-refractivity contribution in [2.24, 2.45) is 5.10 Å². The zero-order valence-electron chi connectivity index (χ0n) is 17.9. The Kier molecular flexibility index (Phi) is 7.04. The fourth-order valence-electron chi connectivity index (χ4n) is 3.65. The van der Waals surface area contributed by atoms with E-state index >= 15 is 0 Å². The van der Waals surface area contributed by atoms with Gasteiger partial charge in [-0.2, -0.15) is 5.10 Å². The highest BCUT2D eigenvalue weighted by atomic mass is 16.5. The molecule has 0 N–H and O–H groups in total. The minimum Gasteiger partial charge on any atom is -0.497 e. The lowest BCUT2D eigenvalue weighted by Crippen LogP contribution is -2.32. The van der Waals surface area contributed by atoms with Crippen LogP contribution in [-0.2, 0) is 4.79 Å². The Bertz CT molecular complexity index is 839. The van der Waals surface area contributed by atoms with Crippen molar-refractivity contribution >= 4 is 11.6 Å². The molecule has 29 heavy (non-hydrogen) atoms. The monoisotopic (exact) mass is 393 g/mol. The lowest BCUT2D eigenvalue weighted by Gasteiger charge is -2.24. The van der Waals surface area contributed by atoms with E-state index in [1.54, 1.807) is 12.1 Å². The highest BCUT2D eigenvalue weighted by Crippen LogP contribution is 2.34. The molecule has 2 aromatic carbocycles. The van der Waals surface area contributed by atoms with Crippen molar-refractivity contribution in [2.45, 2.75) is 39.7 Å². The Labute approximate surface area is 174 Å². The van der Waals surface area contributed by atoms with Gasteiger partial charge in [0.15, 0.2) is 0 Å². The summed E-state index contributed by atoms with van der Waals surface area (Å²) in [6.45, 7) is 8.97. The molecule has 0 fully saturated rings. The Morgan fingerprint density at radius 2 is 1.76 bits per heavy atom. The predicted octanol–water partition coefficient (Wildman–Crippen LogP) is 4.41. The third-order valence-electron chi connectivity index (χ3n) is 5.59. The first-order valence-electron chi connectivity index (χ1n) is 10.4. The molecule has 1 heterocycles. The van der Waals surface area contributed by atoms with Gasteiger partial charge >= 0.3 is 0 Å². The second kappa shape index (κ2) is 9.70. The van der Waals surface area contributed by atoms with E-state index in [1.165, 1.54) is 5.56 Å². The molecule has 5 heteroatoms. The molecule has 0 aromatic heterocycles. The number of rotatable bonds is 8. The summed E-state index contributed by atoms with van der Waals surface area (Å²) in [5.74, 6) is 0.880. The Balaban J connectivity index is 1.84. The number of hydrogen-bond donors (Lipinski definition) is 0. The minimum atomic E-state index is -0.0820. The van der Waals surface area contributed by atoms with Gasteiger partial charge in [-0.25, -0.2) is 5.01 Å². The fraction of sp³-hybridized carbons (Fsp3) is 0.417. The zero-order valence-corrected chi connectivity index (χ0v) is 17.9. The van der Waals surface area contributed by atoms with Crippen LogP contribution >= 0.6 is 0 Å². The van der Waals surface area contributed by atoms with E-state index < -0.39 is 0 Å². The normalized spacial score (nSPS) is 16.2. The molecule has 154 valence electrons. The van der Waals surface area contributed by atoms with Gasteiger partial charge in [0.2, 0.25) is 5.91 Å². The van der Waals surface area contributed by atoms with Crippen molar-refractivity contribution in [3.8, 4) is 5.75 Å². The SMILES string of the molecule is CCN(CC)CCC(=O)N1N=C(c2ccc(C)cc2)CC1c1ccc(OC)cc1. The number of ether oxygens (including phenoxy) is 1. The zero-order chi connectivity index (χ0) is 20.8. The maximum Gasteiger partial charge on any atom is 0.244 e. The number of amides is 1. The first kappa shape index (κ1) is 21.1. The topological polar surface area (TPSA) is 45.1 Å². The van der Waals surface area contributed by atoms with Gasteiger partial charge in [0.05, 0.1) is 18.9 Å². The molecule has 0 radical (unpaired) electrons. The molecule has 0 saturated carbocycles. The van der Waals surface area contributed by atoms with Crippen molar-refractivity contribution in [1.82, 2.24) is 9.91 Å². The highest BCUT2D eigenvalue weighted by Gasteiger charge is 2.33. The molecule has 0 saturated heterocycles. The molecule has 5 nitrogen and oxygen atoms in total. The average Bonchev–Trinajstić information content (AvgIpc) is 3.20. The summed E-state index contributed by atoms with van der Waals surface area (Å²) in [5, 5.41) is 6.46. The van der Waals surface area contributed by atoms with Crippen LogP contribution in [0.25, 0.3) is 0 Å². The van der Waals surface area contributed by atoms with Gasteiger partial charge in [0.1, 0.15) is 5.75 Å². The van der Waals surface area contributed by atoms with Crippen molar-refractivity contribution in [1.29, 1.82) is 0 Å². The lowest BCUT2D eigenvalue weighted by atomic mass is 9.98. The Morgan fingerprint density at radius 1 is 1.10 bits per heavy atom. The van der Waals surface area contributed by atoms with E-state index in [2.05, 4.69) is 49.9 Å². The molecule has 0 spiro atoms. The largest absolute Gasteiger partial charge is 0.497 e. The Morgan fingerprint density at radius 3 is 2.34 bits per heavy atom. The Hall–Kier alpha value is -2.66. The molecule has 1 amide bonds. The van der Waals surface area contributed by atoms with Crippen molar-refractivity contribution in [3.05, 3.63) is 65.2 Å². The van der Waals surface area contributed by atoms with Gasteiger partial charge in [-0.3, -0.25) is 4.79 Å². The number of hydrazone groups is 1. The number of hydrogen-bond acceptors (Lipinski definition) is 4. The van der Waals surface area contributed by atoms with Crippen molar-refractivity contribution in [2.75, 3.05) is 26.7 Å². The molecule has 1 aliphatic heterocycles. The number of aryl methyl sites for hydroxylation is 1. The van der Waals surface area contributed by atoms with Crippen LogP contribution in [0.1, 0.15) is 49.4 Å². The predicted molar refractivity (Wildman–Crippen MR) is 117 cm³/mol. The summed E-state index contributed by atoms with van der Waals surface area (Å²) in [6, 6.07) is 16.2. The molecule has 0 aliphatic carbocycles. The molecular weight excluding hydrogens is 362 g/mol. The van der Waals surface area contributed by atoms with Crippen LogP contribution in [0.15, 0.2) is 53.6 Å². The number of methoxy groups -OCH3 is 1. The van der Waals surface area contributed by atoms with Gasteiger partial charge in [0.25, 0.3) is 0 Å². The highest BCUT2D eigenvalue weighted by molar-refractivity contribution is 6.03. The van der Waals surface area contributed by atoms with Crippen molar-refractivity contribution < 1.29 is 9.53 Å². The summed E-state index contributed by atoms with van der Waals surface area (Å²) in [6.07, 6.45) is 1.19. The molecule has 1 aliphatic rings.